The lowest BCUT2D eigenvalue weighted by Crippen LogP contribution is -2.36. The van der Waals surface area contributed by atoms with Crippen molar-refractivity contribution in [3.05, 3.63) is 59.7 Å². The van der Waals surface area contributed by atoms with Crippen LogP contribution in [0.1, 0.15) is 17.5 Å². The van der Waals surface area contributed by atoms with Gasteiger partial charge in [0.15, 0.2) is 0 Å². The van der Waals surface area contributed by atoms with Gasteiger partial charge in [0.1, 0.15) is 11.5 Å². The Hall–Kier alpha value is -2.53. The number of hydrogen-bond acceptors (Lipinski definition) is 4. The second-order valence-electron chi connectivity index (χ2n) is 6.85. The van der Waals surface area contributed by atoms with Crippen molar-refractivity contribution in [3.8, 4) is 11.5 Å². The highest BCUT2D eigenvalue weighted by Crippen LogP contribution is 2.25. The van der Waals surface area contributed by atoms with E-state index in [1.54, 1.807) is 14.2 Å². The van der Waals surface area contributed by atoms with Crippen LogP contribution in [0.2, 0.25) is 0 Å². The molecule has 0 saturated carbocycles. The van der Waals surface area contributed by atoms with Crippen LogP contribution in [0, 0.1) is 0 Å². The maximum Gasteiger partial charge on any atom is 0.227 e. The van der Waals surface area contributed by atoms with Crippen molar-refractivity contribution >= 4 is 5.91 Å². The normalized spacial score (nSPS) is 15.3. The molecule has 0 atom stereocenters. The topological polar surface area (TPSA) is 42.0 Å². The van der Waals surface area contributed by atoms with Gasteiger partial charge in [0, 0.05) is 44.4 Å². The van der Waals surface area contributed by atoms with Crippen LogP contribution in [0.5, 0.6) is 11.5 Å². The summed E-state index contributed by atoms with van der Waals surface area (Å²) in [5.74, 6) is 1.58. The number of ether oxygens (including phenoxy) is 2. The highest BCUT2D eigenvalue weighted by Gasteiger charge is 2.20. The zero-order valence-electron chi connectivity index (χ0n) is 16.2. The van der Waals surface area contributed by atoms with Gasteiger partial charge in [0.25, 0.3) is 0 Å². The number of benzene rings is 2. The number of hydrogen-bond donors (Lipinski definition) is 0. The molecule has 1 amide bonds. The molecule has 5 nitrogen and oxygen atoms in total. The smallest absolute Gasteiger partial charge is 0.227 e. The van der Waals surface area contributed by atoms with Gasteiger partial charge in [0.2, 0.25) is 5.91 Å². The lowest BCUT2D eigenvalue weighted by Gasteiger charge is -2.22. The fraction of sp³-hybridized carbons (Fsp3) is 0.409. The van der Waals surface area contributed by atoms with Crippen molar-refractivity contribution in [1.29, 1.82) is 0 Å². The first-order valence-electron chi connectivity index (χ1n) is 9.44. The molecule has 1 saturated heterocycles. The molecule has 1 aliphatic heterocycles. The van der Waals surface area contributed by atoms with E-state index in [-0.39, 0.29) is 5.91 Å². The Morgan fingerprint density at radius 3 is 2.52 bits per heavy atom. The molecular weight excluding hydrogens is 340 g/mol. The van der Waals surface area contributed by atoms with E-state index < -0.39 is 0 Å². The third-order valence-electron chi connectivity index (χ3n) is 5.03. The molecule has 0 aliphatic carbocycles. The molecule has 1 heterocycles. The van der Waals surface area contributed by atoms with Crippen molar-refractivity contribution in [1.82, 2.24) is 9.80 Å². The van der Waals surface area contributed by atoms with E-state index in [4.69, 9.17) is 9.47 Å². The van der Waals surface area contributed by atoms with Gasteiger partial charge >= 0.3 is 0 Å². The predicted octanol–water partition coefficient (Wildman–Crippen LogP) is 2.98. The maximum atomic E-state index is 12.8. The van der Waals surface area contributed by atoms with E-state index in [1.165, 1.54) is 5.56 Å². The van der Waals surface area contributed by atoms with E-state index in [0.717, 1.165) is 50.5 Å². The van der Waals surface area contributed by atoms with E-state index in [9.17, 15) is 4.79 Å². The molecule has 1 fully saturated rings. The summed E-state index contributed by atoms with van der Waals surface area (Å²) in [6, 6.07) is 16.1. The van der Waals surface area contributed by atoms with Crippen molar-refractivity contribution < 1.29 is 14.3 Å². The number of methoxy groups -OCH3 is 2. The molecule has 2 aromatic rings. The Morgan fingerprint density at radius 2 is 1.78 bits per heavy atom. The minimum atomic E-state index is 0.153. The maximum absolute atomic E-state index is 12.8. The Morgan fingerprint density at radius 1 is 0.963 bits per heavy atom. The summed E-state index contributed by atoms with van der Waals surface area (Å²) in [6.45, 7) is 4.44. The summed E-state index contributed by atoms with van der Waals surface area (Å²) < 4.78 is 10.7. The third kappa shape index (κ3) is 5.23. The van der Waals surface area contributed by atoms with Gasteiger partial charge in [-0.2, -0.15) is 0 Å². The fourth-order valence-electron chi connectivity index (χ4n) is 3.49. The lowest BCUT2D eigenvalue weighted by atomic mass is 10.1. The van der Waals surface area contributed by atoms with Crippen LogP contribution < -0.4 is 9.47 Å². The second-order valence-corrected chi connectivity index (χ2v) is 6.85. The van der Waals surface area contributed by atoms with Gasteiger partial charge in [-0.15, -0.1) is 0 Å². The van der Waals surface area contributed by atoms with Gasteiger partial charge in [-0.05, 0) is 18.1 Å². The van der Waals surface area contributed by atoms with E-state index in [2.05, 4.69) is 29.2 Å². The molecule has 3 rings (SSSR count). The second kappa shape index (κ2) is 9.42. The SMILES string of the molecule is COc1ccc(CC(=O)N2CCCN(Cc3ccccc3)CC2)c(OC)c1. The van der Waals surface area contributed by atoms with E-state index in [1.807, 2.05) is 29.2 Å². The van der Waals surface area contributed by atoms with Gasteiger partial charge < -0.3 is 14.4 Å². The van der Waals surface area contributed by atoms with Gasteiger partial charge in [-0.25, -0.2) is 0 Å². The minimum Gasteiger partial charge on any atom is -0.497 e. The fourth-order valence-corrected chi connectivity index (χ4v) is 3.49. The molecule has 0 N–H and O–H groups in total. The Kier molecular flexibility index (Phi) is 6.71. The molecule has 1 aliphatic rings. The highest BCUT2D eigenvalue weighted by molar-refractivity contribution is 5.79. The standard InChI is InChI=1S/C22H28N2O3/c1-26-20-10-9-19(21(16-20)27-2)15-22(25)24-12-6-11-23(13-14-24)17-18-7-4-3-5-8-18/h3-5,7-10,16H,6,11-15,17H2,1-2H3. The van der Waals surface area contributed by atoms with Gasteiger partial charge in [-0.3, -0.25) is 9.69 Å². The average Bonchev–Trinajstić information content (AvgIpc) is 2.94. The summed E-state index contributed by atoms with van der Waals surface area (Å²) >= 11 is 0. The quantitative estimate of drug-likeness (QED) is 0.786. The third-order valence-corrected chi connectivity index (χ3v) is 5.03. The zero-order valence-corrected chi connectivity index (χ0v) is 16.2. The summed E-state index contributed by atoms with van der Waals surface area (Å²) in [7, 11) is 3.24. The van der Waals surface area contributed by atoms with Crippen molar-refractivity contribution in [2.45, 2.75) is 19.4 Å². The molecule has 2 aromatic carbocycles. The molecule has 144 valence electrons. The summed E-state index contributed by atoms with van der Waals surface area (Å²) in [5, 5.41) is 0. The first kappa shape index (κ1) is 19.2. The molecule has 0 unspecified atom stereocenters. The van der Waals surface area contributed by atoms with Crippen LogP contribution in [-0.4, -0.2) is 56.1 Å². The number of carbonyl (C=O) groups excluding carboxylic acids is 1. The molecule has 0 aromatic heterocycles. The lowest BCUT2D eigenvalue weighted by molar-refractivity contribution is -0.130. The van der Waals surface area contributed by atoms with Crippen LogP contribution in [-0.2, 0) is 17.8 Å². The van der Waals surface area contributed by atoms with Crippen molar-refractivity contribution in [3.63, 3.8) is 0 Å². The molecule has 5 heteroatoms. The Labute approximate surface area is 161 Å². The van der Waals surface area contributed by atoms with Crippen LogP contribution >= 0.6 is 0 Å². The predicted molar refractivity (Wildman–Crippen MR) is 106 cm³/mol. The van der Waals surface area contributed by atoms with Crippen molar-refractivity contribution in [2.24, 2.45) is 0 Å². The van der Waals surface area contributed by atoms with Crippen LogP contribution in [0.3, 0.4) is 0 Å². The number of carbonyl (C=O) groups is 1. The van der Waals surface area contributed by atoms with Gasteiger partial charge in [-0.1, -0.05) is 36.4 Å². The number of amides is 1. The van der Waals surface area contributed by atoms with Crippen molar-refractivity contribution in [2.75, 3.05) is 40.4 Å². The Bertz CT molecular complexity index is 748. The van der Waals surface area contributed by atoms with Crippen LogP contribution in [0.4, 0.5) is 0 Å². The summed E-state index contributed by atoms with van der Waals surface area (Å²) in [6.07, 6.45) is 1.35. The van der Waals surface area contributed by atoms with E-state index in [0.29, 0.717) is 12.2 Å². The van der Waals surface area contributed by atoms with Crippen LogP contribution in [0.25, 0.3) is 0 Å². The number of rotatable bonds is 6. The van der Waals surface area contributed by atoms with Gasteiger partial charge in [0.05, 0.1) is 20.6 Å². The average molecular weight is 368 g/mol. The minimum absolute atomic E-state index is 0.153. The monoisotopic (exact) mass is 368 g/mol. The number of nitrogens with zero attached hydrogens (tertiary/aromatic N) is 2. The van der Waals surface area contributed by atoms with Crippen LogP contribution in [0.15, 0.2) is 48.5 Å². The highest BCUT2D eigenvalue weighted by atomic mass is 16.5. The van der Waals surface area contributed by atoms with E-state index >= 15 is 0 Å². The summed E-state index contributed by atoms with van der Waals surface area (Å²) in [5.41, 5.74) is 2.22. The first-order chi connectivity index (χ1) is 13.2. The molecular formula is C22H28N2O3. The molecule has 0 radical (unpaired) electrons. The zero-order chi connectivity index (χ0) is 19.1. The molecule has 0 bridgehead atoms. The first-order valence-corrected chi connectivity index (χ1v) is 9.44. The Balaban J connectivity index is 1.58. The molecule has 27 heavy (non-hydrogen) atoms. The largest absolute Gasteiger partial charge is 0.497 e. The summed E-state index contributed by atoms with van der Waals surface area (Å²) in [4.78, 5) is 17.2. The molecule has 0 spiro atoms.